The summed E-state index contributed by atoms with van der Waals surface area (Å²) >= 11 is 6.08. The molecule has 5 nitrogen and oxygen atoms in total. The fraction of sp³-hybridized carbons (Fsp3) is 0.118. The number of nitrogens with zero attached hydrogens (tertiary/aromatic N) is 3. The molecule has 0 saturated carbocycles. The lowest BCUT2D eigenvalue weighted by Crippen LogP contribution is -2.12. The van der Waals surface area contributed by atoms with Crippen LogP contribution in [-0.4, -0.2) is 25.6 Å². The molecule has 0 saturated heterocycles. The average molecular weight is 346 g/mol. The predicted octanol–water partition coefficient (Wildman–Crippen LogP) is 3.79. The molecule has 1 N–H and O–H groups in total. The third kappa shape index (κ3) is 3.00. The average Bonchev–Trinajstić information content (AvgIpc) is 2.87. The summed E-state index contributed by atoms with van der Waals surface area (Å²) < 4.78 is 14.8. The Balaban J connectivity index is 2.16. The normalized spacial score (nSPS) is 10.8. The van der Waals surface area contributed by atoms with Crippen LogP contribution in [-0.2, 0) is 6.54 Å². The Labute approximate surface area is 142 Å². The van der Waals surface area contributed by atoms with Crippen LogP contribution < -0.4 is 0 Å². The number of benzene rings is 1. The van der Waals surface area contributed by atoms with Crippen LogP contribution in [0.4, 0.5) is 4.39 Å². The third-order valence-electron chi connectivity index (χ3n) is 3.61. The minimum Gasteiger partial charge on any atom is -0.477 e. The van der Waals surface area contributed by atoms with Crippen molar-refractivity contribution in [3.63, 3.8) is 0 Å². The van der Waals surface area contributed by atoms with Crippen molar-refractivity contribution in [3.05, 3.63) is 70.5 Å². The highest BCUT2D eigenvalue weighted by Crippen LogP contribution is 2.26. The second-order valence-electron chi connectivity index (χ2n) is 5.24. The van der Waals surface area contributed by atoms with E-state index in [1.54, 1.807) is 36.0 Å². The monoisotopic (exact) mass is 345 g/mol. The topological polar surface area (TPSA) is 68.0 Å². The Bertz CT molecular complexity index is 910. The Morgan fingerprint density at radius 3 is 2.79 bits per heavy atom. The quantitative estimate of drug-likeness (QED) is 0.781. The molecule has 24 heavy (non-hydrogen) atoms. The van der Waals surface area contributed by atoms with Crippen molar-refractivity contribution in [1.82, 2.24) is 14.5 Å². The van der Waals surface area contributed by atoms with Gasteiger partial charge in [-0.1, -0.05) is 17.7 Å². The molecule has 3 rings (SSSR count). The summed E-state index contributed by atoms with van der Waals surface area (Å²) in [5.74, 6) is -1.07. The second kappa shape index (κ2) is 6.41. The molecule has 0 spiro atoms. The first-order valence-corrected chi connectivity index (χ1v) is 7.50. The summed E-state index contributed by atoms with van der Waals surface area (Å²) in [5.41, 5.74) is 1.74. The molecule has 0 fully saturated rings. The molecule has 0 aliphatic heterocycles. The number of aryl methyl sites for hydroxylation is 1. The lowest BCUT2D eigenvalue weighted by atomic mass is 10.2. The van der Waals surface area contributed by atoms with Crippen molar-refractivity contribution < 1.29 is 14.3 Å². The zero-order valence-corrected chi connectivity index (χ0v) is 13.5. The van der Waals surface area contributed by atoms with Crippen LogP contribution in [0.1, 0.15) is 21.7 Å². The number of imidazole rings is 1. The van der Waals surface area contributed by atoms with Crippen molar-refractivity contribution >= 4 is 17.6 Å². The third-order valence-corrected chi connectivity index (χ3v) is 3.96. The Morgan fingerprint density at radius 2 is 2.17 bits per heavy atom. The highest BCUT2D eigenvalue weighted by atomic mass is 35.5. The smallest absolute Gasteiger partial charge is 0.354 e. The maximum absolute atomic E-state index is 13.2. The molecular formula is C17H13ClFN3O2. The van der Waals surface area contributed by atoms with Gasteiger partial charge in [0.25, 0.3) is 0 Å². The molecule has 0 unspecified atom stereocenters. The molecule has 0 atom stereocenters. The lowest BCUT2D eigenvalue weighted by Gasteiger charge is -2.12. The highest BCUT2D eigenvalue weighted by Gasteiger charge is 2.22. The molecule has 0 aliphatic rings. The number of carbonyl (C=O) groups is 1. The summed E-state index contributed by atoms with van der Waals surface area (Å²) in [7, 11) is 0. The first-order valence-electron chi connectivity index (χ1n) is 7.12. The van der Waals surface area contributed by atoms with E-state index in [0.717, 1.165) is 0 Å². The summed E-state index contributed by atoms with van der Waals surface area (Å²) in [6.45, 7) is 1.79. The molecule has 2 aromatic heterocycles. The molecular weight excluding hydrogens is 333 g/mol. The van der Waals surface area contributed by atoms with Crippen LogP contribution in [0, 0.1) is 12.7 Å². The van der Waals surface area contributed by atoms with Crippen LogP contribution in [0.5, 0.6) is 0 Å². The largest absolute Gasteiger partial charge is 0.477 e. The van der Waals surface area contributed by atoms with Gasteiger partial charge < -0.3 is 9.67 Å². The Kier molecular flexibility index (Phi) is 4.31. The van der Waals surface area contributed by atoms with Gasteiger partial charge in [-0.15, -0.1) is 0 Å². The first kappa shape index (κ1) is 16.1. The molecule has 0 amide bonds. The van der Waals surface area contributed by atoms with Gasteiger partial charge in [-0.05, 0) is 36.8 Å². The van der Waals surface area contributed by atoms with E-state index in [4.69, 9.17) is 11.6 Å². The van der Waals surface area contributed by atoms with E-state index < -0.39 is 11.8 Å². The van der Waals surface area contributed by atoms with Gasteiger partial charge in [0.15, 0.2) is 5.69 Å². The predicted molar refractivity (Wildman–Crippen MR) is 87.7 cm³/mol. The molecule has 7 heteroatoms. The number of carboxylic acid groups (broad SMARTS) is 1. The zero-order chi connectivity index (χ0) is 17.3. The first-order chi connectivity index (χ1) is 11.5. The molecule has 0 radical (unpaired) electrons. The number of pyridine rings is 1. The number of hydrogen-bond acceptors (Lipinski definition) is 3. The number of halogens is 2. The molecule has 122 valence electrons. The summed E-state index contributed by atoms with van der Waals surface area (Å²) in [6, 6.07) is 7.56. The van der Waals surface area contributed by atoms with Crippen molar-refractivity contribution in [2.45, 2.75) is 13.5 Å². The van der Waals surface area contributed by atoms with Crippen LogP contribution in [0.15, 0.2) is 42.7 Å². The van der Waals surface area contributed by atoms with Crippen LogP contribution >= 0.6 is 11.6 Å². The minimum absolute atomic E-state index is 0.0641. The van der Waals surface area contributed by atoms with Gasteiger partial charge >= 0.3 is 5.97 Å². The van der Waals surface area contributed by atoms with Gasteiger partial charge in [-0.3, -0.25) is 4.98 Å². The molecule has 2 heterocycles. The molecule has 0 aliphatic carbocycles. The number of aromatic nitrogens is 3. The van der Waals surface area contributed by atoms with Crippen LogP contribution in [0.25, 0.3) is 11.4 Å². The number of aromatic carboxylic acids is 1. The van der Waals surface area contributed by atoms with Crippen LogP contribution in [0.2, 0.25) is 5.02 Å². The fourth-order valence-corrected chi connectivity index (χ4v) is 2.76. The van der Waals surface area contributed by atoms with Crippen molar-refractivity contribution in [1.29, 1.82) is 0 Å². The van der Waals surface area contributed by atoms with Gasteiger partial charge in [0.05, 0.1) is 12.2 Å². The van der Waals surface area contributed by atoms with Gasteiger partial charge in [-0.2, -0.15) is 0 Å². The van der Waals surface area contributed by atoms with E-state index in [9.17, 15) is 14.3 Å². The van der Waals surface area contributed by atoms with E-state index in [1.807, 2.05) is 0 Å². The van der Waals surface area contributed by atoms with E-state index >= 15 is 0 Å². The standard InChI is InChI=1S/C17H13ClFN3O2/c1-10-15(17(23)24)22(9-12-4-5-13(19)7-14(12)18)16(21-10)11-3-2-6-20-8-11/h2-8H,9H2,1H3,(H,23,24). The summed E-state index contributed by atoms with van der Waals surface area (Å²) in [6.07, 6.45) is 3.23. The minimum atomic E-state index is -1.09. The lowest BCUT2D eigenvalue weighted by molar-refractivity contribution is 0.0685. The highest BCUT2D eigenvalue weighted by molar-refractivity contribution is 6.31. The van der Waals surface area contributed by atoms with E-state index in [1.165, 1.54) is 18.2 Å². The van der Waals surface area contributed by atoms with Gasteiger partial charge in [0, 0.05) is 23.0 Å². The van der Waals surface area contributed by atoms with Gasteiger partial charge in [0.1, 0.15) is 11.6 Å². The van der Waals surface area contributed by atoms with Gasteiger partial charge in [0.2, 0.25) is 0 Å². The maximum Gasteiger partial charge on any atom is 0.354 e. The molecule has 0 bridgehead atoms. The number of rotatable bonds is 4. The summed E-state index contributed by atoms with van der Waals surface area (Å²) in [5, 5.41) is 9.76. The van der Waals surface area contributed by atoms with E-state index in [2.05, 4.69) is 9.97 Å². The summed E-state index contributed by atoms with van der Waals surface area (Å²) in [4.78, 5) is 20.1. The number of hydrogen-bond donors (Lipinski definition) is 1. The van der Waals surface area contributed by atoms with E-state index in [-0.39, 0.29) is 17.3 Å². The second-order valence-corrected chi connectivity index (χ2v) is 5.65. The maximum atomic E-state index is 13.2. The zero-order valence-electron chi connectivity index (χ0n) is 12.7. The Morgan fingerprint density at radius 1 is 1.38 bits per heavy atom. The fourth-order valence-electron chi connectivity index (χ4n) is 2.53. The van der Waals surface area contributed by atoms with Crippen molar-refractivity contribution in [3.8, 4) is 11.4 Å². The van der Waals surface area contributed by atoms with Crippen molar-refractivity contribution in [2.24, 2.45) is 0 Å². The SMILES string of the molecule is Cc1nc(-c2cccnc2)n(Cc2ccc(F)cc2Cl)c1C(=O)O. The van der Waals surface area contributed by atoms with E-state index in [0.29, 0.717) is 22.6 Å². The van der Waals surface area contributed by atoms with Crippen LogP contribution in [0.3, 0.4) is 0 Å². The molecule has 3 aromatic rings. The Hall–Kier alpha value is -2.73. The van der Waals surface area contributed by atoms with Gasteiger partial charge in [-0.25, -0.2) is 14.2 Å². The van der Waals surface area contributed by atoms with Crippen molar-refractivity contribution in [2.75, 3.05) is 0 Å². The number of carboxylic acids is 1. The molecule has 1 aromatic carbocycles.